The summed E-state index contributed by atoms with van der Waals surface area (Å²) in [4.78, 5) is 24.2. The zero-order valence-corrected chi connectivity index (χ0v) is 12.7. The average molecular weight is 292 g/mol. The number of amides is 1. The minimum absolute atomic E-state index is 0.205. The Hall–Kier alpha value is -1.88. The molecule has 0 aromatic heterocycles. The van der Waals surface area contributed by atoms with Crippen molar-refractivity contribution in [2.75, 3.05) is 6.54 Å². The molecule has 0 bridgehead atoms. The monoisotopic (exact) mass is 292 g/mol. The summed E-state index contributed by atoms with van der Waals surface area (Å²) in [6.45, 7) is 4.14. The number of carbonyl (C=O) groups excluding carboxylic acids is 2. The summed E-state index contributed by atoms with van der Waals surface area (Å²) in [6, 6.07) is 8.18. The molecule has 5 heteroatoms. The normalized spacial score (nSPS) is 12.0. The lowest BCUT2D eigenvalue weighted by molar-refractivity contribution is -0.149. The van der Waals surface area contributed by atoms with Gasteiger partial charge in [0.15, 0.2) is 0 Å². The van der Waals surface area contributed by atoms with Crippen LogP contribution in [-0.2, 0) is 9.53 Å². The van der Waals surface area contributed by atoms with Crippen LogP contribution in [0.5, 0.6) is 0 Å². The van der Waals surface area contributed by atoms with Gasteiger partial charge in [0.05, 0.1) is 6.10 Å². The van der Waals surface area contributed by atoms with Gasteiger partial charge in [0.25, 0.3) is 5.91 Å². The first-order valence-electron chi connectivity index (χ1n) is 7.31. The summed E-state index contributed by atoms with van der Waals surface area (Å²) in [5.41, 5.74) is 5.99. The van der Waals surface area contributed by atoms with E-state index in [1.54, 1.807) is 38.1 Å². The summed E-state index contributed by atoms with van der Waals surface area (Å²) in [5, 5.41) is 2.74. The van der Waals surface area contributed by atoms with E-state index in [2.05, 4.69) is 5.32 Å². The molecular formula is C16H24N2O3. The van der Waals surface area contributed by atoms with Crippen LogP contribution in [0.15, 0.2) is 30.3 Å². The van der Waals surface area contributed by atoms with E-state index in [0.717, 1.165) is 12.8 Å². The number of rotatable bonds is 8. The van der Waals surface area contributed by atoms with E-state index in [4.69, 9.17) is 10.5 Å². The average Bonchev–Trinajstić information content (AvgIpc) is 2.46. The van der Waals surface area contributed by atoms with Crippen LogP contribution in [0.3, 0.4) is 0 Å². The molecule has 5 nitrogen and oxygen atoms in total. The fraction of sp³-hybridized carbons (Fsp3) is 0.500. The third-order valence-electron chi connectivity index (χ3n) is 2.92. The molecule has 21 heavy (non-hydrogen) atoms. The highest BCUT2D eigenvalue weighted by molar-refractivity contribution is 5.96. The van der Waals surface area contributed by atoms with Crippen molar-refractivity contribution in [1.82, 2.24) is 5.32 Å². The molecule has 0 unspecified atom stereocenters. The van der Waals surface area contributed by atoms with Crippen molar-refractivity contribution < 1.29 is 14.3 Å². The second-order valence-corrected chi connectivity index (χ2v) is 5.16. The fourth-order valence-corrected chi connectivity index (χ4v) is 1.89. The largest absolute Gasteiger partial charge is 0.461 e. The van der Waals surface area contributed by atoms with Crippen molar-refractivity contribution in [2.45, 2.75) is 45.3 Å². The number of esters is 1. The number of nitrogens with one attached hydrogen (secondary N) is 1. The minimum atomic E-state index is -0.633. The topological polar surface area (TPSA) is 81.4 Å². The van der Waals surface area contributed by atoms with Gasteiger partial charge in [-0.3, -0.25) is 4.79 Å². The Morgan fingerprint density at radius 1 is 1.19 bits per heavy atom. The van der Waals surface area contributed by atoms with E-state index >= 15 is 0 Å². The van der Waals surface area contributed by atoms with Gasteiger partial charge >= 0.3 is 5.97 Å². The number of hydrogen-bond acceptors (Lipinski definition) is 4. The fourth-order valence-electron chi connectivity index (χ4n) is 1.89. The number of benzene rings is 1. The van der Waals surface area contributed by atoms with Crippen LogP contribution in [-0.4, -0.2) is 30.6 Å². The number of carbonyl (C=O) groups is 2. The molecule has 1 atom stereocenters. The maximum absolute atomic E-state index is 12.1. The molecule has 0 fully saturated rings. The Balaban J connectivity index is 2.67. The molecule has 1 aromatic carbocycles. The van der Waals surface area contributed by atoms with E-state index in [1.165, 1.54) is 0 Å². The van der Waals surface area contributed by atoms with Crippen molar-refractivity contribution in [3.05, 3.63) is 35.9 Å². The minimum Gasteiger partial charge on any atom is -0.461 e. The Morgan fingerprint density at radius 2 is 1.86 bits per heavy atom. The number of unbranched alkanes of at least 4 members (excludes halogenated alkanes) is 1. The summed E-state index contributed by atoms with van der Waals surface area (Å²) in [5.74, 6) is -0.666. The van der Waals surface area contributed by atoms with E-state index in [0.29, 0.717) is 18.5 Å². The lowest BCUT2D eigenvalue weighted by atomic mass is 10.1. The smallest absolute Gasteiger partial charge is 0.328 e. The lowest BCUT2D eigenvalue weighted by Crippen LogP contribution is -2.42. The second-order valence-electron chi connectivity index (χ2n) is 5.16. The highest BCUT2D eigenvalue weighted by Crippen LogP contribution is 2.07. The van der Waals surface area contributed by atoms with Gasteiger partial charge in [0.1, 0.15) is 6.04 Å². The van der Waals surface area contributed by atoms with Gasteiger partial charge in [-0.25, -0.2) is 4.79 Å². The van der Waals surface area contributed by atoms with E-state index in [9.17, 15) is 9.59 Å². The van der Waals surface area contributed by atoms with Crippen molar-refractivity contribution in [1.29, 1.82) is 0 Å². The van der Waals surface area contributed by atoms with Crippen LogP contribution < -0.4 is 11.1 Å². The van der Waals surface area contributed by atoms with Crippen molar-refractivity contribution in [2.24, 2.45) is 5.73 Å². The van der Waals surface area contributed by atoms with Crippen LogP contribution >= 0.6 is 0 Å². The molecular weight excluding hydrogens is 268 g/mol. The quantitative estimate of drug-likeness (QED) is 0.566. The van der Waals surface area contributed by atoms with Gasteiger partial charge in [0, 0.05) is 5.56 Å². The van der Waals surface area contributed by atoms with Gasteiger partial charge in [-0.1, -0.05) is 18.2 Å². The Kier molecular flexibility index (Phi) is 7.46. The van der Waals surface area contributed by atoms with Crippen LogP contribution in [0.25, 0.3) is 0 Å². The van der Waals surface area contributed by atoms with Gasteiger partial charge in [-0.15, -0.1) is 0 Å². The molecule has 1 aromatic rings. The molecule has 0 heterocycles. The summed E-state index contributed by atoms with van der Waals surface area (Å²) in [7, 11) is 0. The predicted molar refractivity (Wildman–Crippen MR) is 81.8 cm³/mol. The Bertz CT molecular complexity index is 446. The predicted octanol–water partition coefficient (Wildman–Crippen LogP) is 1.87. The Morgan fingerprint density at radius 3 is 2.43 bits per heavy atom. The third-order valence-corrected chi connectivity index (χ3v) is 2.92. The lowest BCUT2D eigenvalue weighted by Gasteiger charge is -2.19. The molecule has 0 aliphatic rings. The van der Waals surface area contributed by atoms with Gasteiger partial charge < -0.3 is 15.8 Å². The molecule has 1 rings (SSSR count). The zero-order chi connectivity index (χ0) is 15.7. The SMILES string of the molecule is CC(C)OC(=O)[C@H](CCCCN)NC(=O)c1ccccc1. The molecule has 1 amide bonds. The zero-order valence-electron chi connectivity index (χ0n) is 12.7. The third kappa shape index (κ3) is 6.40. The standard InChI is InChI=1S/C16H24N2O3/c1-12(2)21-16(20)14(10-6-7-11-17)18-15(19)13-8-4-3-5-9-13/h3-5,8-9,12,14H,6-7,10-11,17H2,1-2H3,(H,18,19)/t14-/m0/s1. The molecule has 0 saturated carbocycles. The molecule has 0 saturated heterocycles. The highest BCUT2D eigenvalue weighted by atomic mass is 16.5. The summed E-state index contributed by atoms with van der Waals surface area (Å²) in [6.07, 6.45) is 1.90. The second kappa shape index (κ2) is 9.13. The number of hydrogen-bond donors (Lipinski definition) is 2. The van der Waals surface area contributed by atoms with Crippen LogP contribution in [0.2, 0.25) is 0 Å². The molecule has 116 valence electrons. The van der Waals surface area contributed by atoms with Crippen LogP contribution in [0.4, 0.5) is 0 Å². The van der Waals surface area contributed by atoms with Gasteiger partial charge in [-0.05, 0) is 51.8 Å². The summed E-state index contributed by atoms with van der Waals surface area (Å²) < 4.78 is 5.19. The van der Waals surface area contributed by atoms with Crippen molar-refractivity contribution in [3.63, 3.8) is 0 Å². The first kappa shape index (κ1) is 17.2. The number of ether oxygens (including phenoxy) is 1. The molecule has 0 aliphatic heterocycles. The van der Waals surface area contributed by atoms with Crippen molar-refractivity contribution >= 4 is 11.9 Å². The first-order chi connectivity index (χ1) is 10.0. The first-order valence-corrected chi connectivity index (χ1v) is 7.31. The summed E-state index contributed by atoms with van der Waals surface area (Å²) >= 11 is 0. The van der Waals surface area contributed by atoms with Crippen LogP contribution in [0.1, 0.15) is 43.5 Å². The van der Waals surface area contributed by atoms with E-state index in [-0.39, 0.29) is 12.0 Å². The number of nitrogens with two attached hydrogens (primary N) is 1. The van der Waals surface area contributed by atoms with E-state index in [1.807, 2.05) is 6.07 Å². The van der Waals surface area contributed by atoms with E-state index < -0.39 is 12.0 Å². The van der Waals surface area contributed by atoms with Gasteiger partial charge in [-0.2, -0.15) is 0 Å². The van der Waals surface area contributed by atoms with Crippen molar-refractivity contribution in [3.8, 4) is 0 Å². The highest BCUT2D eigenvalue weighted by Gasteiger charge is 2.23. The maximum atomic E-state index is 12.1. The van der Waals surface area contributed by atoms with Gasteiger partial charge in [0.2, 0.25) is 0 Å². The maximum Gasteiger partial charge on any atom is 0.328 e. The molecule has 0 radical (unpaired) electrons. The Labute approximate surface area is 125 Å². The van der Waals surface area contributed by atoms with Crippen LogP contribution in [0, 0.1) is 0 Å². The molecule has 0 aliphatic carbocycles. The molecule has 3 N–H and O–H groups in total. The molecule has 0 spiro atoms.